The van der Waals surface area contributed by atoms with Crippen molar-refractivity contribution >= 4 is 16.9 Å². The third-order valence-electron chi connectivity index (χ3n) is 4.27. The summed E-state index contributed by atoms with van der Waals surface area (Å²) in [5, 5.41) is 7.41. The summed E-state index contributed by atoms with van der Waals surface area (Å²) < 4.78 is 1.78. The number of imidazole rings is 1. The summed E-state index contributed by atoms with van der Waals surface area (Å²) in [6.45, 7) is 10.2. The molecule has 3 aromatic rings. The predicted molar refractivity (Wildman–Crippen MR) is 98.5 cm³/mol. The Kier molecular flexibility index (Phi) is 4.61. The van der Waals surface area contributed by atoms with Crippen LogP contribution in [0.15, 0.2) is 30.5 Å². The molecule has 0 saturated heterocycles. The molecule has 0 radical (unpaired) electrons. The zero-order chi connectivity index (χ0) is 18.1. The molecular weight excluding hydrogens is 314 g/mol. The molecule has 6 heteroatoms. The second kappa shape index (κ2) is 6.70. The molecule has 1 unspecified atom stereocenters. The Morgan fingerprint density at radius 2 is 1.96 bits per heavy atom. The van der Waals surface area contributed by atoms with Crippen LogP contribution in [0, 0.1) is 12.8 Å². The Morgan fingerprint density at radius 1 is 1.20 bits per heavy atom. The molecule has 3 rings (SSSR count). The van der Waals surface area contributed by atoms with Crippen molar-refractivity contribution in [3.8, 4) is 0 Å². The number of benzene rings is 1. The van der Waals surface area contributed by atoms with Gasteiger partial charge < -0.3 is 10.3 Å². The summed E-state index contributed by atoms with van der Waals surface area (Å²) in [5.74, 6) is 0.778. The van der Waals surface area contributed by atoms with Crippen molar-refractivity contribution in [2.45, 2.75) is 46.7 Å². The van der Waals surface area contributed by atoms with Gasteiger partial charge in [0.25, 0.3) is 5.91 Å². The van der Waals surface area contributed by atoms with Gasteiger partial charge in [-0.05, 0) is 50.5 Å². The topological polar surface area (TPSA) is 75.6 Å². The number of nitrogens with zero attached hydrogens (tertiary/aromatic N) is 3. The highest BCUT2D eigenvalue weighted by Gasteiger charge is 2.23. The lowest BCUT2D eigenvalue weighted by atomic mass is 10.0. The van der Waals surface area contributed by atoms with Gasteiger partial charge >= 0.3 is 0 Å². The van der Waals surface area contributed by atoms with Gasteiger partial charge in [-0.15, -0.1) is 0 Å². The minimum Gasteiger partial charge on any atom is -0.340 e. The first-order valence-electron chi connectivity index (χ1n) is 8.67. The molecular formula is C19H25N5O. The van der Waals surface area contributed by atoms with Crippen molar-refractivity contribution in [2.75, 3.05) is 0 Å². The molecule has 0 aliphatic rings. The van der Waals surface area contributed by atoms with Gasteiger partial charge in [-0.1, -0.05) is 19.9 Å². The van der Waals surface area contributed by atoms with Crippen LogP contribution in [0.1, 0.15) is 61.7 Å². The quantitative estimate of drug-likeness (QED) is 0.743. The van der Waals surface area contributed by atoms with Gasteiger partial charge in [0.05, 0.1) is 17.1 Å². The summed E-state index contributed by atoms with van der Waals surface area (Å²) >= 11 is 0. The van der Waals surface area contributed by atoms with Crippen LogP contribution in [0.3, 0.4) is 0 Å². The molecule has 0 aliphatic carbocycles. The SMILES string of the molecule is Cc1ccc2nc(C(NC(=O)c3ccn(C(C)C)n3)C(C)C)[nH]c2c1. The molecule has 1 amide bonds. The first-order chi connectivity index (χ1) is 11.8. The highest BCUT2D eigenvalue weighted by Crippen LogP contribution is 2.23. The van der Waals surface area contributed by atoms with Crippen LogP contribution in [-0.4, -0.2) is 25.7 Å². The third-order valence-corrected chi connectivity index (χ3v) is 4.27. The average molecular weight is 339 g/mol. The Bertz CT molecular complexity index is 890. The summed E-state index contributed by atoms with van der Waals surface area (Å²) in [4.78, 5) is 20.6. The van der Waals surface area contributed by atoms with Crippen LogP contribution in [0.5, 0.6) is 0 Å². The van der Waals surface area contributed by atoms with Crippen molar-refractivity contribution in [1.29, 1.82) is 0 Å². The molecule has 0 saturated carbocycles. The van der Waals surface area contributed by atoms with Gasteiger partial charge in [-0.3, -0.25) is 9.48 Å². The molecule has 2 N–H and O–H groups in total. The smallest absolute Gasteiger partial charge is 0.272 e. The largest absolute Gasteiger partial charge is 0.340 e. The minimum atomic E-state index is -0.204. The van der Waals surface area contributed by atoms with E-state index in [9.17, 15) is 4.79 Å². The molecule has 132 valence electrons. The summed E-state index contributed by atoms with van der Waals surface area (Å²) in [6.07, 6.45) is 1.83. The molecule has 0 spiro atoms. The predicted octanol–water partition coefficient (Wildman–Crippen LogP) is 3.78. The molecule has 1 aromatic carbocycles. The van der Waals surface area contributed by atoms with Crippen LogP contribution >= 0.6 is 0 Å². The van der Waals surface area contributed by atoms with E-state index in [1.165, 1.54) is 5.56 Å². The lowest BCUT2D eigenvalue weighted by Crippen LogP contribution is -2.32. The first-order valence-corrected chi connectivity index (χ1v) is 8.67. The van der Waals surface area contributed by atoms with Crippen molar-refractivity contribution in [2.24, 2.45) is 5.92 Å². The number of amides is 1. The van der Waals surface area contributed by atoms with E-state index in [2.05, 4.69) is 40.3 Å². The van der Waals surface area contributed by atoms with E-state index in [1.807, 2.05) is 39.1 Å². The maximum Gasteiger partial charge on any atom is 0.272 e. The van der Waals surface area contributed by atoms with Crippen LogP contribution in [0.25, 0.3) is 11.0 Å². The highest BCUT2D eigenvalue weighted by atomic mass is 16.2. The maximum atomic E-state index is 12.6. The molecule has 6 nitrogen and oxygen atoms in total. The number of aromatic amines is 1. The molecule has 1 atom stereocenters. The first kappa shape index (κ1) is 17.2. The number of carbonyl (C=O) groups is 1. The molecule has 0 aliphatic heterocycles. The highest BCUT2D eigenvalue weighted by molar-refractivity contribution is 5.92. The van der Waals surface area contributed by atoms with E-state index in [1.54, 1.807) is 10.7 Å². The van der Waals surface area contributed by atoms with E-state index in [4.69, 9.17) is 0 Å². The van der Waals surface area contributed by atoms with Gasteiger partial charge in [-0.25, -0.2) is 4.98 Å². The Balaban J connectivity index is 1.85. The number of carbonyl (C=O) groups excluding carboxylic acids is 1. The second-order valence-electron chi connectivity index (χ2n) is 7.11. The number of fused-ring (bicyclic) bond motifs is 1. The number of H-pyrrole nitrogens is 1. The monoisotopic (exact) mass is 339 g/mol. The van der Waals surface area contributed by atoms with Crippen LogP contribution in [0.2, 0.25) is 0 Å². The van der Waals surface area contributed by atoms with E-state index in [0.717, 1.165) is 16.9 Å². The molecule has 0 fully saturated rings. The lowest BCUT2D eigenvalue weighted by Gasteiger charge is -2.19. The van der Waals surface area contributed by atoms with E-state index in [-0.39, 0.29) is 23.9 Å². The normalized spacial score (nSPS) is 12.9. The van der Waals surface area contributed by atoms with Gasteiger partial charge in [-0.2, -0.15) is 5.10 Å². The molecule has 2 heterocycles. The van der Waals surface area contributed by atoms with Gasteiger partial charge in [0.15, 0.2) is 0 Å². The summed E-state index contributed by atoms with van der Waals surface area (Å²) in [6, 6.07) is 7.86. The fraction of sp³-hybridized carbons (Fsp3) is 0.421. The zero-order valence-corrected chi connectivity index (χ0v) is 15.4. The zero-order valence-electron chi connectivity index (χ0n) is 15.4. The van der Waals surface area contributed by atoms with E-state index in [0.29, 0.717) is 5.69 Å². The Hall–Kier alpha value is -2.63. The number of aromatic nitrogens is 4. The third kappa shape index (κ3) is 3.57. The molecule has 2 aromatic heterocycles. The van der Waals surface area contributed by atoms with Gasteiger partial charge in [0.1, 0.15) is 11.5 Å². The Labute approximate surface area is 147 Å². The number of hydrogen-bond donors (Lipinski definition) is 2. The fourth-order valence-corrected chi connectivity index (χ4v) is 2.80. The summed E-state index contributed by atoms with van der Waals surface area (Å²) in [7, 11) is 0. The number of hydrogen-bond acceptors (Lipinski definition) is 3. The van der Waals surface area contributed by atoms with Crippen molar-refractivity contribution < 1.29 is 4.79 Å². The van der Waals surface area contributed by atoms with E-state index >= 15 is 0 Å². The van der Waals surface area contributed by atoms with Crippen molar-refractivity contribution in [3.63, 3.8) is 0 Å². The second-order valence-corrected chi connectivity index (χ2v) is 7.11. The van der Waals surface area contributed by atoms with Gasteiger partial charge in [0.2, 0.25) is 0 Å². The van der Waals surface area contributed by atoms with Crippen LogP contribution in [0.4, 0.5) is 0 Å². The van der Waals surface area contributed by atoms with Crippen molar-refractivity contribution in [1.82, 2.24) is 25.1 Å². The number of aryl methyl sites for hydroxylation is 1. The lowest BCUT2D eigenvalue weighted by molar-refractivity contribution is 0.0917. The average Bonchev–Trinajstić information content (AvgIpc) is 3.18. The Morgan fingerprint density at radius 3 is 2.60 bits per heavy atom. The van der Waals surface area contributed by atoms with Crippen LogP contribution < -0.4 is 5.32 Å². The molecule has 0 bridgehead atoms. The number of rotatable bonds is 5. The fourth-order valence-electron chi connectivity index (χ4n) is 2.80. The van der Waals surface area contributed by atoms with E-state index < -0.39 is 0 Å². The van der Waals surface area contributed by atoms with Gasteiger partial charge in [0, 0.05) is 12.2 Å². The minimum absolute atomic E-state index is 0.185. The summed E-state index contributed by atoms with van der Waals surface area (Å²) in [5.41, 5.74) is 3.49. The molecule has 25 heavy (non-hydrogen) atoms. The van der Waals surface area contributed by atoms with Crippen LogP contribution in [-0.2, 0) is 0 Å². The standard InChI is InChI=1S/C19H25N5O/c1-11(2)17(18-20-14-7-6-13(5)10-16(14)21-18)22-19(25)15-8-9-24(23-15)12(3)4/h6-12,17H,1-5H3,(H,20,21)(H,22,25). The maximum absolute atomic E-state index is 12.6. The number of nitrogens with one attached hydrogen (secondary N) is 2. The van der Waals surface area contributed by atoms with Crippen molar-refractivity contribution in [3.05, 3.63) is 47.5 Å².